The number of hydrogen-bond acceptors (Lipinski definition) is 4. The van der Waals surface area contributed by atoms with Crippen molar-refractivity contribution in [3.05, 3.63) is 86.5 Å². The molecule has 0 aliphatic heterocycles. The van der Waals surface area contributed by atoms with Crippen molar-refractivity contribution in [2.75, 3.05) is 13.2 Å². The molecule has 2 aromatic carbocycles. The molecule has 4 nitrogen and oxygen atoms in total. The van der Waals surface area contributed by atoms with Gasteiger partial charge >= 0.3 is 37.7 Å². The van der Waals surface area contributed by atoms with Gasteiger partial charge < -0.3 is 7.59 Å². The van der Waals surface area contributed by atoms with Crippen LogP contribution >= 0.6 is 0 Å². The van der Waals surface area contributed by atoms with Gasteiger partial charge in [0.1, 0.15) is 5.75 Å². The van der Waals surface area contributed by atoms with Crippen LogP contribution in [-0.2, 0) is 14.3 Å². The summed E-state index contributed by atoms with van der Waals surface area (Å²) >= 11 is 0. The van der Waals surface area contributed by atoms with Crippen molar-refractivity contribution in [3.63, 3.8) is 0 Å². The Balaban J connectivity index is -0.000000231. The Bertz CT molecular complexity index is 776. The van der Waals surface area contributed by atoms with Gasteiger partial charge in [-0.25, -0.2) is 0 Å². The number of para-hydroxylation sites is 1. The second kappa shape index (κ2) is 23.1. The average Bonchev–Trinajstić information content (AvgIpc) is 2.82. The fourth-order valence-electron chi connectivity index (χ4n) is 2.56. The number of unbranched alkanes of at least 4 members (excludes halogenated alkanes) is 6. The number of benzene rings is 2. The zero-order chi connectivity index (χ0) is 23.2. The Morgan fingerprint density at radius 2 is 1.34 bits per heavy atom. The van der Waals surface area contributed by atoms with Crippen LogP contribution in [0.1, 0.15) is 54.7 Å². The summed E-state index contributed by atoms with van der Waals surface area (Å²) in [4.78, 5) is 0.164. The molecule has 176 valence electrons. The van der Waals surface area contributed by atoms with E-state index in [0.29, 0.717) is 0 Å². The minimum Gasteiger partial charge on any atom is -1.00 e. The second-order valence-corrected chi connectivity index (χ2v) is 8.24. The monoisotopic (exact) mass is 488 g/mol. The van der Waals surface area contributed by atoms with Gasteiger partial charge in [0.2, 0.25) is 0 Å². The van der Waals surface area contributed by atoms with E-state index in [1.54, 1.807) is 18.2 Å². The molecule has 0 spiro atoms. The van der Waals surface area contributed by atoms with Crippen molar-refractivity contribution in [1.29, 1.82) is 0 Å². The van der Waals surface area contributed by atoms with Gasteiger partial charge in [0, 0.05) is 0 Å². The average molecular weight is 489 g/mol. The Kier molecular flexibility index (Phi) is 23.8. The minimum absolute atomic E-state index is 0. The third kappa shape index (κ3) is 17.4. The van der Waals surface area contributed by atoms with Gasteiger partial charge in [-0.3, -0.25) is 4.18 Å². The normalized spacial score (nSPS) is 9.78. The summed E-state index contributed by atoms with van der Waals surface area (Å²) in [5, 5.41) is 0. The molecule has 0 saturated heterocycles. The van der Waals surface area contributed by atoms with Gasteiger partial charge in [-0.2, -0.15) is 8.42 Å². The van der Waals surface area contributed by atoms with Crippen LogP contribution in [0.3, 0.4) is 0 Å². The molecule has 2 rings (SSSR count). The first-order valence-electron chi connectivity index (χ1n) is 10.8. The number of ether oxygens (including phenoxy) is 1. The van der Waals surface area contributed by atoms with E-state index in [4.69, 9.17) is 4.74 Å². The van der Waals surface area contributed by atoms with E-state index in [1.807, 2.05) is 30.3 Å². The number of rotatable bonds is 13. The van der Waals surface area contributed by atoms with Gasteiger partial charge in [-0.15, -0.1) is 19.7 Å². The quantitative estimate of drug-likeness (QED) is 0.131. The van der Waals surface area contributed by atoms with Crippen molar-refractivity contribution in [2.45, 2.75) is 56.8 Å². The van der Waals surface area contributed by atoms with Crippen LogP contribution in [0.4, 0.5) is 0 Å². The zero-order valence-electron chi connectivity index (χ0n) is 21.6. The predicted molar refractivity (Wildman–Crippen MR) is 139 cm³/mol. The van der Waals surface area contributed by atoms with Gasteiger partial charge in [-0.1, -0.05) is 87.9 Å². The van der Waals surface area contributed by atoms with Crippen LogP contribution < -0.4 is 4.74 Å². The SMILES string of the molecule is C=C.C=CCOS(=O)(=O)c1ccccc1.CCCCCCCCCOc1ccccc1.[Ca+2].[H-].[H-]. The summed E-state index contributed by atoms with van der Waals surface area (Å²) in [5.74, 6) is 0.994. The molecule has 0 aliphatic carbocycles. The topological polar surface area (TPSA) is 52.6 Å². The molecular weight excluding hydrogens is 448 g/mol. The van der Waals surface area contributed by atoms with E-state index in [-0.39, 0.29) is 52.1 Å². The Labute approximate surface area is 228 Å². The molecule has 32 heavy (non-hydrogen) atoms. The van der Waals surface area contributed by atoms with E-state index in [2.05, 4.69) is 30.8 Å². The molecule has 0 aromatic heterocycles. The smallest absolute Gasteiger partial charge is 1.00 e. The zero-order valence-corrected chi connectivity index (χ0v) is 22.6. The summed E-state index contributed by atoms with van der Waals surface area (Å²) in [6, 6.07) is 18.1. The van der Waals surface area contributed by atoms with Crippen LogP contribution in [0.25, 0.3) is 0 Å². The van der Waals surface area contributed by atoms with E-state index in [1.165, 1.54) is 63.2 Å². The molecule has 0 fully saturated rings. The Morgan fingerprint density at radius 1 is 0.844 bits per heavy atom. The first kappa shape index (κ1) is 33.1. The van der Waals surface area contributed by atoms with Crippen molar-refractivity contribution < 1.29 is 20.2 Å². The van der Waals surface area contributed by atoms with Crippen molar-refractivity contribution in [2.24, 2.45) is 0 Å². The summed E-state index contributed by atoms with van der Waals surface area (Å²) in [6.07, 6.45) is 10.7. The molecule has 0 unspecified atom stereocenters. The molecule has 0 aliphatic rings. The van der Waals surface area contributed by atoms with Crippen molar-refractivity contribution in [1.82, 2.24) is 0 Å². The van der Waals surface area contributed by atoms with Crippen LogP contribution in [0, 0.1) is 0 Å². The summed E-state index contributed by atoms with van der Waals surface area (Å²) in [7, 11) is -3.59. The third-order valence-corrected chi connectivity index (χ3v) is 5.43. The van der Waals surface area contributed by atoms with Crippen LogP contribution in [0.5, 0.6) is 5.75 Å². The first-order valence-corrected chi connectivity index (χ1v) is 12.2. The van der Waals surface area contributed by atoms with Crippen LogP contribution in [-0.4, -0.2) is 59.4 Å². The Morgan fingerprint density at radius 3 is 1.88 bits per heavy atom. The Hall–Kier alpha value is -1.11. The van der Waals surface area contributed by atoms with E-state index >= 15 is 0 Å². The summed E-state index contributed by atoms with van der Waals surface area (Å²) in [5.41, 5.74) is 0. The molecule has 0 bridgehead atoms. The van der Waals surface area contributed by atoms with Gasteiger partial charge in [0.15, 0.2) is 0 Å². The fraction of sp³-hybridized carbons (Fsp3) is 0.385. The molecule has 2 aromatic rings. The second-order valence-electron chi connectivity index (χ2n) is 6.62. The van der Waals surface area contributed by atoms with E-state index < -0.39 is 10.1 Å². The van der Waals surface area contributed by atoms with Gasteiger partial charge in [-0.05, 0) is 30.7 Å². The molecule has 6 heteroatoms. The fourth-order valence-corrected chi connectivity index (χ4v) is 3.46. The predicted octanol–water partition coefficient (Wildman–Crippen LogP) is 7.04. The summed E-state index contributed by atoms with van der Waals surface area (Å²) in [6.45, 7) is 12.5. The molecular formula is C26H40CaO4S. The first-order chi connectivity index (χ1) is 15.1. The third-order valence-electron chi connectivity index (χ3n) is 4.13. The maximum atomic E-state index is 11.3. The maximum absolute atomic E-state index is 11.3. The summed E-state index contributed by atoms with van der Waals surface area (Å²) < 4.78 is 32.9. The van der Waals surface area contributed by atoms with Gasteiger partial charge in [0.05, 0.1) is 18.1 Å². The molecule has 0 saturated carbocycles. The standard InChI is InChI=1S/C15H24O.C9H10O3S.C2H4.Ca.2H/c1-2-3-4-5-6-7-11-14-16-15-12-9-8-10-13-15;1-2-8-12-13(10,11)9-6-4-3-5-7-9;1-2;;;/h8-10,12-13H,2-7,11,14H2,1H3;2-7H,1,8H2;1-2H2;;;/q;;;+2;2*-1. The minimum atomic E-state index is -3.59. The number of hydrogen-bond donors (Lipinski definition) is 0. The van der Waals surface area contributed by atoms with Crippen LogP contribution in [0.15, 0.2) is 91.4 Å². The van der Waals surface area contributed by atoms with Gasteiger partial charge in [0.25, 0.3) is 10.1 Å². The van der Waals surface area contributed by atoms with E-state index in [9.17, 15) is 8.42 Å². The molecule has 0 radical (unpaired) electrons. The maximum Gasteiger partial charge on any atom is 2.00 e. The largest absolute Gasteiger partial charge is 2.00 e. The molecule has 0 amide bonds. The molecule has 0 heterocycles. The molecule has 0 N–H and O–H groups in total. The van der Waals surface area contributed by atoms with Crippen LogP contribution in [0.2, 0.25) is 0 Å². The van der Waals surface area contributed by atoms with Crippen molar-refractivity contribution in [3.8, 4) is 5.75 Å². The molecule has 0 atom stereocenters. The van der Waals surface area contributed by atoms with Crippen molar-refractivity contribution >= 4 is 47.9 Å². The van der Waals surface area contributed by atoms with E-state index in [0.717, 1.165) is 12.4 Å².